The largest absolute Gasteiger partial charge is 0.486 e. The molecule has 1 aliphatic heterocycles. The van der Waals surface area contributed by atoms with E-state index in [-0.39, 0.29) is 0 Å². The van der Waals surface area contributed by atoms with Gasteiger partial charge in [-0.3, -0.25) is 0 Å². The van der Waals surface area contributed by atoms with Gasteiger partial charge in [0.25, 0.3) is 0 Å². The first-order valence-corrected chi connectivity index (χ1v) is 6.41. The summed E-state index contributed by atoms with van der Waals surface area (Å²) in [5.41, 5.74) is 7.02. The number of hydrogen-bond donors (Lipinski definition) is 1. The van der Waals surface area contributed by atoms with Gasteiger partial charge in [0.15, 0.2) is 11.5 Å². The molecule has 6 heteroatoms. The lowest BCUT2D eigenvalue weighted by molar-refractivity contribution is 0.172. The van der Waals surface area contributed by atoms with E-state index in [9.17, 15) is 0 Å². The van der Waals surface area contributed by atoms with Gasteiger partial charge in [-0.25, -0.2) is 0 Å². The Kier molecular flexibility index (Phi) is 3.31. The fourth-order valence-corrected chi connectivity index (χ4v) is 2.23. The van der Waals surface area contributed by atoms with Crippen molar-refractivity contribution >= 4 is 11.6 Å². The number of aromatic nitrogens is 1. The highest BCUT2D eigenvalue weighted by Crippen LogP contribution is 2.40. The van der Waals surface area contributed by atoms with Gasteiger partial charge in [0, 0.05) is 18.1 Å². The third kappa shape index (κ3) is 2.39. The zero-order valence-electron chi connectivity index (χ0n) is 10.2. The number of halogens is 1. The van der Waals surface area contributed by atoms with Gasteiger partial charge in [-0.05, 0) is 18.7 Å². The van der Waals surface area contributed by atoms with E-state index < -0.39 is 0 Å². The van der Waals surface area contributed by atoms with E-state index in [1.54, 1.807) is 6.07 Å². The topological polar surface area (TPSA) is 70.5 Å². The van der Waals surface area contributed by atoms with Crippen molar-refractivity contribution in [2.45, 2.75) is 6.42 Å². The lowest BCUT2D eigenvalue weighted by atomic mass is 10.1. The van der Waals surface area contributed by atoms with E-state index >= 15 is 0 Å². The highest BCUT2D eigenvalue weighted by molar-refractivity contribution is 6.32. The van der Waals surface area contributed by atoms with Gasteiger partial charge in [0.1, 0.15) is 24.7 Å². The zero-order valence-corrected chi connectivity index (χ0v) is 10.9. The molecule has 0 amide bonds. The van der Waals surface area contributed by atoms with Gasteiger partial charge in [0.05, 0.1) is 5.02 Å². The normalized spacial score (nSPS) is 13.6. The first-order valence-electron chi connectivity index (χ1n) is 6.03. The molecule has 19 heavy (non-hydrogen) atoms. The monoisotopic (exact) mass is 280 g/mol. The minimum Gasteiger partial charge on any atom is -0.486 e. The lowest BCUT2D eigenvalue weighted by Gasteiger charge is -2.19. The first kappa shape index (κ1) is 12.3. The fraction of sp³-hybridized carbons (Fsp3) is 0.308. The summed E-state index contributed by atoms with van der Waals surface area (Å²) in [5, 5.41) is 4.52. The first-order chi connectivity index (χ1) is 9.28. The molecule has 100 valence electrons. The Hall–Kier alpha value is -1.72. The highest BCUT2D eigenvalue weighted by atomic mass is 35.5. The molecule has 1 aliphatic rings. The molecule has 0 atom stereocenters. The van der Waals surface area contributed by atoms with Crippen molar-refractivity contribution < 1.29 is 14.0 Å². The molecule has 0 saturated carbocycles. The molecule has 2 aromatic rings. The van der Waals surface area contributed by atoms with Crippen LogP contribution in [0.5, 0.6) is 11.5 Å². The van der Waals surface area contributed by atoms with Gasteiger partial charge in [-0.1, -0.05) is 16.8 Å². The Morgan fingerprint density at radius 1 is 1.21 bits per heavy atom. The van der Waals surface area contributed by atoms with E-state index in [0.29, 0.717) is 48.4 Å². The second-order valence-electron chi connectivity index (χ2n) is 4.20. The summed E-state index contributed by atoms with van der Waals surface area (Å²) in [6.45, 7) is 1.55. The van der Waals surface area contributed by atoms with Crippen LogP contribution >= 0.6 is 11.6 Å². The average molecular weight is 281 g/mol. The Labute approximate surface area is 115 Å². The van der Waals surface area contributed by atoms with E-state index in [1.165, 1.54) is 0 Å². The van der Waals surface area contributed by atoms with Crippen LogP contribution in [0, 0.1) is 0 Å². The maximum Gasteiger partial charge on any atom is 0.179 e. The van der Waals surface area contributed by atoms with Gasteiger partial charge >= 0.3 is 0 Å². The van der Waals surface area contributed by atoms with Crippen molar-refractivity contribution in [1.29, 1.82) is 0 Å². The maximum atomic E-state index is 6.18. The van der Waals surface area contributed by atoms with Gasteiger partial charge < -0.3 is 19.7 Å². The predicted octanol–water partition coefficient (Wildman–Crippen LogP) is 2.27. The van der Waals surface area contributed by atoms with Crippen molar-refractivity contribution in [3.8, 4) is 22.8 Å². The third-order valence-electron chi connectivity index (χ3n) is 2.84. The quantitative estimate of drug-likeness (QED) is 0.934. The van der Waals surface area contributed by atoms with E-state index in [0.717, 1.165) is 11.3 Å². The summed E-state index contributed by atoms with van der Waals surface area (Å²) in [4.78, 5) is 0. The maximum absolute atomic E-state index is 6.18. The average Bonchev–Trinajstić information content (AvgIpc) is 2.88. The smallest absolute Gasteiger partial charge is 0.179 e. The molecular weight excluding hydrogens is 268 g/mol. The fourth-order valence-electron chi connectivity index (χ4n) is 1.97. The molecule has 0 aliphatic carbocycles. The van der Waals surface area contributed by atoms with Crippen LogP contribution in [0.3, 0.4) is 0 Å². The van der Waals surface area contributed by atoms with Crippen molar-refractivity contribution in [3.05, 3.63) is 29.0 Å². The van der Waals surface area contributed by atoms with Crippen LogP contribution in [0.15, 0.2) is 22.7 Å². The van der Waals surface area contributed by atoms with Gasteiger partial charge in [-0.15, -0.1) is 0 Å². The van der Waals surface area contributed by atoms with Crippen molar-refractivity contribution in [1.82, 2.24) is 5.16 Å². The minimum absolute atomic E-state index is 0.510. The summed E-state index contributed by atoms with van der Waals surface area (Å²) >= 11 is 6.18. The summed E-state index contributed by atoms with van der Waals surface area (Å²) in [7, 11) is 0. The van der Waals surface area contributed by atoms with Crippen molar-refractivity contribution in [3.63, 3.8) is 0 Å². The highest BCUT2D eigenvalue weighted by Gasteiger charge is 2.18. The number of hydrogen-bond acceptors (Lipinski definition) is 5. The molecule has 5 nitrogen and oxygen atoms in total. The van der Waals surface area contributed by atoms with Crippen LogP contribution in [-0.2, 0) is 6.42 Å². The van der Waals surface area contributed by atoms with Crippen LogP contribution in [0.25, 0.3) is 11.3 Å². The van der Waals surface area contributed by atoms with Crippen LogP contribution in [0.1, 0.15) is 5.76 Å². The molecule has 0 spiro atoms. The molecule has 1 aromatic heterocycles. The number of ether oxygens (including phenoxy) is 2. The molecule has 0 bridgehead atoms. The molecule has 0 radical (unpaired) electrons. The number of nitrogens with zero attached hydrogens (tertiary/aromatic N) is 1. The second-order valence-corrected chi connectivity index (χ2v) is 4.61. The van der Waals surface area contributed by atoms with Crippen LogP contribution < -0.4 is 15.2 Å². The molecular formula is C13H13ClN2O3. The lowest BCUT2D eigenvalue weighted by Crippen LogP contribution is -2.15. The SMILES string of the molecule is NCCc1cc(-c2cc(Cl)c3c(c2)OCCO3)no1. The summed E-state index contributed by atoms with van der Waals surface area (Å²) in [6.07, 6.45) is 0.658. The van der Waals surface area contributed by atoms with Gasteiger partial charge in [-0.2, -0.15) is 0 Å². The van der Waals surface area contributed by atoms with Crippen molar-refractivity contribution in [2.75, 3.05) is 19.8 Å². The Balaban J connectivity index is 1.97. The Morgan fingerprint density at radius 2 is 2.05 bits per heavy atom. The summed E-state index contributed by atoms with van der Waals surface area (Å²) < 4.78 is 16.2. The molecule has 3 rings (SSSR count). The summed E-state index contributed by atoms with van der Waals surface area (Å²) in [5.74, 6) is 1.97. The number of rotatable bonds is 3. The number of nitrogens with two attached hydrogens (primary N) is 1. The second kappa shape index (κ2) is 5.11. The van der Waals surface area contributed by atoms with E-state index in [2.05, 4.69) is 5.16 Å². The molecule has 0 fully saturated rings. The molecule has 1 aromatic carbocycles. The molecule has 0 saturated heterocycles. The summed E-state index contributed by atoms with van der Waals surface area (Å²) in [6, 6.07) is 5.50. The molecule has 2 N–H and O–H groups in total. The Morgan fingerprint density at radius 3 is 2.89 bits per heavy atom. The zero-order chi connectivity index (χ0) is 13.2. The van der Waals surface area contributed by atoms with Crippen LogP contribution in [0.2, 0.25) is 5.02 Å². The Bertz CT molecular complexity index is 598. The predicted molar refractivity (Wildman–Crippen MR) is 70.7 cm³/mol. The number of benzene rings is 1. The standard InChI is InChI=1S/C13H13ClN2O3/c14-10-5-8(6-12-13(10)18-4-3-17-12)11-7-9(1-2-15)19-16-11/h5-7H,1-4,15H2. The van der Waals surface area contributed by atoms with Crippen LogP contribution in [0.4, 0.5) is 0 Å². The van der Waals surface area contributed by atoms with Gasteiger partial charge in [0.2, 0.25) is 0 Å². The van der Waals surface area contributed by atoms with E-state index in [4.69, 9.17) is 31.3 Å². The van der Waals surface area contributed by atoms with Crippen molar-refractivity contribution in [2.24, 2.45) is 5.73 Å². The third-order valence-corrected chi connectivity index (χ3v) is 3.12. The number of fused-ring (bicyclic) bond motifs is 1. The molecule has 0 unspecified atom stereocenters. The van der Waals surface area contributed by atoms with Crippen LogP contribution in [-0.4, -0.2) is 24.9 Å². The minimum atomic E-state index is 0.510. The van der Waals surface area contributed by atoms with E-state index in [1.807, 2.05) is 12.1 Å². The molecule has 2 heterocycles.